The zero-order valence-electron chi connectivity index (χ0n) is 16.0. The van der Waals surface area contributed by atoms with E-state index in [2.05, 4.69) is 50.0 Å². The minimum Gasteiger partial charge on any atom is -0.392 e. The average molecular weight is 351 g/mol. The number of aromatic nitrogens is 1. The van der Waals surface area contributed by atoms with Gasteiger partial charge in [0.2, 0.25) is 0 Å². The first kappa shape index (κ1) is 15.7. The smallest absolute Gasteiger partial charge is 0.0791 e. The lowest BCUT2D eigenvalue weighted by Gasteiger charge is -2.59. The number of aliphatic hydroxyl groups excluding tert-OH is 1. The van der Waals surface area contributed by atoms with Gasteiger partial charge in [0.15, 0.2) is 0 Å². The number of para-hydroxylation sites is 1. The molecule has 4 aliphatic carbocycles. The molecule has 0 amide bonds. The van der Waals surface area contributed by atoms with Crippen LogP contribution in [0.25, 0.3) is 10.9 Å². The van der Waals surface area contributed by atoms with Gasteiger partial charge in [0.25, 0.3) is 0 Å². The fourth-order valence-corrected chi connectivity index (χ4v) is 8.46. The predicted molar refractivity (Wildman–Crippen MR) is 102 cm³/mol. The van der Waals surface area contributed by atoms with Crippen LogP contribution in [0.4, 0.5) is 0 Å². The minimum absolute atomic E-state index is 0.0752. The molecule has 2 aromatic rings. The first-order valence-electron chi connectivity index (χ1n) is 10.3. The SMILES string of the molecule is CC1C23c4[nH]c5ccccc5c4CC2CCC2(O)C(C)(C)C(O)CCC132. The monoisotopic (exact) mass is 351 g/mol. The van der Waals surface area contributed by atoms with Crippen LogP contribution in [0.5, 0.6) is 0 Å². The van der Waals surface area contributed by atoms with Crippen molar-refractivity contribution >= 4 is 10.9 Å². The molecule has 0 bridgehead atoms. The third-order valence-electron chi connectivity index (χ3n) is 9.70. The lowest BCUT2D eigenvalue weighted by atomic mass is 9.49. The van der Waals surface area contributed by atoms with Gasteiger partial charge in [0.05, 0.1) is 11.7 Å². The van der Waals surface area contributed by atoms with E-state index in [1.54, 1.807) is 0 Å². The van der Waals surface area contributed by atoms with Crippen LogP contribution in [-0.2, 0) is 11.8 Å². The van der Waals surface area contributed by atoms with Gasteiger partial charge in [0, 0.05) is 32.8 Å². The van der Waals surface area contributed by atoms with Crippen LogP contribution in [0, 0.1) is 22.7 Å². The van der Waals surface area contributed by atoms with Gasteiger partial charge in [-0.05, 0) is 55.6 Å². The van der Waals surface area contributed by atoms with Crippen LogP contribution >= 0.6 is 0 Å². The van der Waals surface area contributed by atoms with Crippen molar-refractivity contribution in [1.29, 1.82) is 0 Å². The number of H-pyrrole nitrogens is 1. The van der Waals surface area contributed by atoms with Gasteiger partial charge in [-0.3, -0.25) is 0 Å². The van der Waals surface area contributed by atoms with Crippen molar-refractivity contribution in [3.63, 3.8) is 0 Å². The Bertz CT molecular complexity index is 945. The molecule has 3 saturated carbocycles. The van der Waals surface area contributed by atoms with Crippen molar-refractivity contribution in [3.05, 3.63) is 35.5 Å². The third kappa shape index (κ3) is 1.24. The summed E-state index contributed by atoms with van der Waals surface area (Å²) in [4.78, 5) is 3.80. The highest BCUT2D eigenvalue weighted by Gasteiger charge is 2.89. The van der Waals surface area contributed by atoms with Gasteiger partial charge in [0.1, 0.15) is 0 Å². The minimum atomic E-state index is -0.785. The summed E-state index contributed by atoms with van der Waals surface area (Å²) in [6.45, 7) is 6.56. The van der Waals surface area contributed by atoms with Crippen LogP contribution in [0.1, 0.15) is 57.7 Å². The first-order chi connectivity index (χ1) is 12.3. The molecule has 3 fully saturated rings. The summed E-state index contributed by atoms with van der Waals surface area (Å²) < 4.78 is 0. The lowest BCUT2D eigenvalue weighted by molar-refractivity contribution is -0.222. The summed E-state index contributed by atoms with van der Waals surface area (Å²) in [6.07, 6.45) is 4.38. The fourth-order valence-electron chi connectivity index (χ4n) is 8.46. The Hall–Kier alpha value is -1.32. The summed E-state index contributed by atoms with van der Waals surface area (Å²) in [5.41, 5.74) is 2.91. The third-order valence-corrected chi connectivity index (χ3v) is 9.70. The number of hydrogen-bond acceptors (Lipinski definition) is 2. The van der Waals surface area contributed by atoms with Crippen molar-refractivity contribution < 1.29 is 10.2 Å². The van der Waals surface area contributed by atoms with E-state index in [4.69, 9.17) is 0 Å². The van der Waals surface area contributed by atoms with Crippen molar-refractivity contribution in [2.45, 2.75) is 70.0 Å². The van der Waals surface area contributed by atoms with Crippen LogP contribution in [-0.4, -0.2) is 26.9 Å². The van der Waals surface area contributed by atoms with Crippen LogP contribution in [0.2, 0.25) is 0 Å². The van der Waals surface area contributed by atoms with Gasteiger partial charge in [-0.1, -0.05) is 39.0 Å². The molecule has 1 aromatic carbocycles. The molecule has 0 saturated heterocycles. The van der Waals surface area contributed by atoms with Crippen molar-refractivity contribution in [3.8, 4) is 0 Å². The predicted octanol–water partition coefficient (Wildman–Crippen LogP) is 3.92. The molecule has 26 heavy (non-hydrogen) atoms. The molecular formula is C23H29NO2. The van der Waals surface area contributed by atoms with Crippen molar-refractivity contribution in [1.82, 2.24) is 4.98 Å². The quantitative estimate of drug-likeness (QED) is 0.674. The number of rotatable bonds is 0. The van der Waals surface area contributed by atoms with E-state index >= 15 is 0 Å². The van der Waals surface area contributed by atoms with E-state index in [-0.39, 0.29) is 10.8 Å². The Morgan fingerprint density at radius 3 is 2.69 bits per heavy atom. The van der Waals surface area contributed by atoms with Crippen LogP contribution in [0.3, 0.4) is 0 Å². The Labute approximate surface area is 154 Å². The Balaban J connectivity index is 1.62. The zero-order chi connectivity index (χ0) is 18.1. The molecule has 3 nitrogen and oxygen atoms in total. The molecule has 0 aliphatic heterocycles. The Morgan fingerprint density at radius 2 is 1.88 bits per heavy atom. The molecule has 6 unspecified atom stereocenters. The fraction of sp³-hybridized carbons (Fsp3) is 0.652. The molecule has 6 atom stereocenters. The summed E-state index contributed by atoms with van der Waals surface area (Å²) in [5.74, 6) is 1.10. The number of nitrogens with one attached hydrogen (secondary N) is 1. The molecule has 3 heteroatoms. The second-order valence-electron chi connectivity index (χ2n) is 10.2. The highest BCUT2D eigenvalue weighted by Crippen LogP contribution is 2.87. The maximum Gasteiger partial charge on any atom is 0.0791 e. The van der Waals surface area contributed by atoms with Crippen LogP contribution < -0.4 is 0 Å². The highest BCUT2D eigenvalue weighted by atomic mass is 16.3. The summed E-state index contributed by atoms with van der Waals surface area (Å²) in [6, 6.07) is 8.67. The van der Waals surface area contributed by atoms with Gasteiger partial charge in [-0.25, -0.2) is 0 Å². The number of benzene rings is 1. The van der Waals surface area contributed by atoms with E-state index < -0.39 is 17.1 Å². The normalized spacial score (nSPS) is 47.8. The maximum absolute atomic E-state index is 12.1. The number of hydrogen-bond donors (Lipinski definition) is 3. The Kier molecular flexibility index (Phi) is 2.55. The first-order valence-corrected chi connectivity index (χ1v) is 10.3. The summed E-state index contributed by atoms with van der Waals surface area (Å²) in [5, 5.41) is 24.2. The lowest BCUT2D eigenvalue weighted by Crippen LogP contribution is -2.64. The number of aromatic amines is 1. The average Bonchev–Trinajstić information content (AvgIpc) is 2.90. The standard InChI is InChI=1S/C23H29NO2/c1-13-21-10-9-18(25)20(2,3)22(21,26)11-8-14-12-16-15-6-4-5-7-17(15)24-19(16)23(13,14)21/h4-7,13-14,18,24-26H,8-12H2,1-3H3. The van der Waals surface area contributed by atoms with E-state index in [1.807, 2.05) is 0 Å². The van der Waals surface area contributed by atoms with Gasteiger partial charge in [-0.15, -0.1) is 0 Å². The topological polar surface area (TPSA) is 56.2 Å². The van der Waals surface area contributed by atoms with Crippen molar-refractivity contribution in [2.24, 2.45) is 22.7 Å². The highest BCUT2D eigenvalue weighted by molar-refractivity contribution is 5.87. The van der Waals surface area contributed by atoms with Gasteiger partial charge in [-0.2, -0.15) is 0 Å². The summed E-state index contributed by atoms with van der Waals surface area (Å²) in [7, 11) is 0. The molecule has 2 spiro atoms. The molecule has 6 rings (SSSR count). The van der Waals surface area contributed by atoms with Crippen molar-refractivity contribution in [2.75, 3.05) is 0 Å². The molecule has 0 radical (unpaired) electrons. The Morgan fingerprint density at radius 1 is 1.12 bits per heavy atom. The molecular weight excluding hydrogens is 322 g/mol. The van der Waals surface area contributed by atoms with E-state index in [9.17, 15) is 10.2 Å². The summed E-state index contributed by atoms with van der Waals surface area (Å²) >= 11 is 0. The number of aliphatic hydroxyl groups is 2. The molecule has 1 heterocycles. The second kappa shape index (κ2) is 4.23. The van der Waals surface area contributed by atoms with E-state index in [0.29, 0.717) is 11.8 Å². The van der Waals surface area contributed by atoms with Crippen LogP contribution in [0.15, 0.2) is 24.3 Å². The second-order valence-corrected chi connectivity index (χ2v) is 10.2. The van der Waals surface area contributed by atoms with E-state index in [0.717, 1.165) is 32.1 Å². The molecule has 4 aliphatic rings. The molecule has 1 aromatic heterocycles. The maximum atomic E-state index is 12.1. The van der Waals surface area contributed by atoms with E-state index in [1.165, 1.54) is 22.2 Å². The molecule has 138 valence electrons. The number of fused-ring (bicyclic) bond motifs is 3. The van der Waals surface area contributed by atoms with Gasteiger partial charge >= 0.3 is 0 Å². The largest absolute Gasteiger partial charge is 0.392 e. The van der Waals surface area contributed by atoms with Gasteiger partial charge < -0.3 is 15.2 Å². The molecule has 3 N–H and O–H groups in total. The zero-order valence-corrected chi connectivity index (χ0v) is 16.0.